The minimum Gasteiger partial charge on any atom is -0.384 e. The van der Waals surface area contributed by atoms with Crippen LogP contribution in [0.1, 0.15) is 77.2 Å². The molecule has 0 spiro atoms. The molecular formula is C33H41NO3. The topological polar surface area (TPSA) is 57.6 Å². The number of carbonyl (C=O) groups excluding carboxylic acids is 2. The Morgan fingerprint density at radius 3 is 2.57 bits per heavy atom. The average Bonchev–Trinajstić information content (AvgIpc) is 3.19. The summed E-state index contributed by atoms with van der Waals surface area (Å²) in [5.74, 6) is 8.07. The van der Waals surface area contributed by atoms with Crippen molar-refractivity contribution in [1.82, 2.24) is 0 Å². The molecule has 0 bridgehead atoms. The third kappa shape index (κ3) is 3.93. The molecule has 0 aromatic heterocycles. The van der Waals surface area contributed by atoms with Crippen molar-refractivity contribution in [2.75, 3.05) is 25.6 Å². The number of ketones is 2. The third-order valence-corrected chi connectivity index (χ3v) is 10.3. The maximum absolute atomic E-state index is 13.7. The van der Waals surface area contributed by atoms with Gasteiger partial charge in [0.2, 0.25) is 0 Å². The fraction of sp³-hybridized carbons (Fsp3) is 0.576. The number of hydrogen-bond acceptors (Lipinski definition) is 4. The molecule has 1 N–H and O–H groups in total. The molecule has 0 radical (unpaired) electrons. The Morgan fingerprint density at radius 1 is 1.19 bits per heavy atom. The van der Waals surface area contributed by atoms with Crippen molar-refractivity contribution in [2.45, 2.75) is 71.6 Å². The van der Waals surface area contributed by atoms with Crippen molar-refractivity contribution in [3.05, 3.63) is 52.6 Å². The highest BCUT2D eigenvalue weighted by Gasteiger charge is 2.65. The van der Waals surface area contributed by atoms with Crippen LogP contribution in [0.15, 0.2) is 47.1 Å². The number of allylic oxidation sites excluding steroid dienone is 4. The average molecular weight is 500 g/mol. The Hall–Kier alpha value is -2.64. The molecule has 0 saturated heterocycles. The Kier molecular flexibility index (Phi) is 6.73. The summed E-state index contributed by atoms with van der Waals surface area (Å²) in [5.41, 5.74) is 5.70. The number of benzene rings is 1. The van der Waals surface area contributed by atoms with Gasteiger partial charge in [0.1, 0.15) is 6.61 Å². The Morgan fingerprint density at radius 2 is 1.92 bits per heavy atom. The van der Waals surface area contributed by atoms with E-state index in [2.05, 4.69) is 68.9 Å². The van der Waals surface area contributed by atoms with Crippen LogP contribution in [0.4, 0.5) is 5.69 Å². The maximum Gasteiger partial charge on any atom is 0.156 e. The standard InChI is InChI=1S/C33H41NO3/c1-6-30(37)33(15-7-17-35)16-14-29-27-18-21(2)26-19-24(36)12-13-25(26)31(27)28(20-32(29,33)3)22-8-10-23(11-9-22)34(4)5/h8-11,19,21,27-29,35H,6,12-14,16-18,20H2,1-5H3/t21?,27-,28+,29-,32-,33-/m0/s1. The van der Waals surface area contributed by atoms with Crippen LogP contribution < -0.4 is 4.90 Å². The summed E-state index contributed by atoms with van der Waals surface area (Å²) in [6.45, 7) is 6.34. The van der Waals surface area contributed by atoms with Crippen LogP contribution in [0.25, 0.3) is 0 Å². The van der Waals surface area contributed by atoms with Crippen molar-refractivity contribution in [1.29, 1.82) is 0 Å². The van der Waals surface area contributed by atoms with Gasteiger partial charge in [0.05, 0.1) is 5.41 Å². The number of fused-ring (bicyclic) bond motifs is 4. The molecule has 1 aromatic rings. The zero-order valence-electron chi connectivity index (χ0n) is 23.1. The minimum absolute atomic E-state index is 0.194. The fourth-order valence-corrected chi connectivity index (χ4v) is 8.51. The van der Waals surface area contributed by atoms with E-state index in [9.17, 15) is 14.7 Å². The van der Waals surface area contributed by atoms with Gasteiger partial charge in [-0.15, -0.1) is 0 Å². The predicted molar refractivity (Wildman–Crippen MR) is 148 cm³/mol. The molecule has 0 heterocycles. The lowest BCUT2D eigenvalue weighted by molar-refractivity contribution is -0.132. The zero-order chi connectivity index (χ0) is 26.5. The minimum atomic E-state index is -0.713. The van der Waals surface area contributed by atoms with E-state index in [1.165, 1.54) is 28.0 Å². The molecule has 0 amide bonds. The number of Topliss-reactive ketones (excluding diaryl/α,β-unsaturated/α-hetero) is 1. The summed E-state index contributed by atoms with van der Waals surface area (Å²) in [6.07, 6.45) is 7.48. The van der Waals surface area contributed by atoms with Gasteiger partial charge in [0.25, 0.3) is 0 Å². The molecule has 196 valence electrons. The summed E-state index contributed by atoms with van der Waals surface area (Å²) in [5, 5.41) is 9.62. The first-order valence-corrected chi connectivity index (χ1v) is 14.1. The van der Waals surface area contributed by atoms with Gasteiger partial charge in [-0.2, -0.15) is 0 Å². The van der Waals surface area contributed by atoms with E-state index >= 15 is 0 Å². The van der Waals surface area contributed by atoms with Gasteiger partial charge in [-0.05, 0) is 90.2 Å². The second-order valence-electron chi connectivity index (χ2n) is 12.2. The number of rotatable bonds is 4. The number of carbonyl (C=O) groups is 2. The second-order valence-corrected chi connectivity index (χ2v) is 12.2. The number of aliphatic hydroxyl groups excluding tert-OH is 1. The number of anilines is 1. The highest BCUT2D eigenvalue weighted by atomic mass is 16.2. The van der Waals surface area contributed by atoms with Gasteiger partial charge in [0, 0.05) is 38.5 Å². The molecule has 4 aliphatic carbocycles. The summed E-state index contributed by atoms with van der Waals surface area (Å²) < 4.78 is 0. The van der Waals surface area contributed by atoms with Crippen molar-refractivity contribution in [2.24, 2.45) is 28.6 Å². The highest BCUT2D eigenvalue weighted by molar-refractivity contribution is 5.93. The normalized spacial score (nSPS) is 34.5. The van der Waals surface area contributed by atoms with E-state index in [1.807, 2.05) is 13.0 Å². The first-order valence-electron chi connectivity index (χ1n) is 14.1. The van der Waals surface area contributed by atoms with E-state index in [4.69, 9.17) is 0 Å². The van der Waals surface area contributed by atoms with E-state index in [-0.39, 0.29) is 29.5 Å². The van der Waals surface area contributed by atoms with Crippen LogP contribution in [0, 0.1) is 40.4 Å². The number of aliphatic hydroxyl groups is 1. The van der Waals surface area contributed by atoms with Crippen LogP contribution in [0.3, 0.4) is 0 Å². The van der Waals surface area contributed by atoms with E-state index in [0.29, 0.717) is 30.6 Å². The van der Waals surface area contributed by atoms with Crippen molar-refractivity contribution in [3.63, 3.8) is 0 Å². The first-order chi connectivity index (χ1) is 17.7. The monoisotopic (exact) mass is 499 g/mol. The predicted octanol–water partition coefficient (Wildman–Crippen LogP) is 5.86. The third-order valence-electron chi connectivity index (χ3n) is 10.3. The maximum atomic E-state index is 13.7. The Balaban J connectivity index is 1.72. The van der Waals surface area contributed by atoms with E-state index in [1.54, 1.807) is 0 Å². The molecule has 2 saturated carbocycles. The molecule has 4 heteroatoms. The molecule has 37 heavy (non-hydrogen) atoms. The quantitative estimate of drug-likeness (QED) is 0.527. The van der Waals surface area contributed by atoms with Crippen molar-refractivity contribution >= 4 is 17.3 Å². The summed E-state index contributed by atoms with van der Waals surface area (Å²) >= 11 is 0. The Bertz CT molecular complexity index is 1230. The van der Waals surface area contributed by atoms with Crippen molar-refractivity contribution < 1.29 is 14.7 Å². The lowest BCUT2D eigenvalue weighted by atomic mass is 9.47. The molecule has 1 aromatic carbocycles. The number of nitrogens with zero attached hydrogens (tertiary/aromatic N) is 1. The first kappa shape index (κ1) is 26.0. The summed E-state index contributed by atoms with van der Waals surface area (Å²) in [4.78, 5) is 28.3. The Labute approximate surface area is 222 Å². The zero-order valence-corrected chi connectivity index (χ0v) is 23.1. The van der Waals surface area contributed by atoms with Crippen LogP contribution >= 0.6 is 0 Å². The van der Waals surface area contributed by atoms with Crippen LogP contribution in [0.2, 0.25) is 0 Å². The molecule has 5 rings (SSSR count). The van der Waals surface area contributed by atoms with Gasteiger partial charge in [0.15, 0.2) is 11.6 Å². The SMILES string of the molecule is CCC(=O)[C@]1(C#CCO)CC[C@H]2[C@@H]3CC(C)C4=CC(=O)CCC4=C3[C@@H](c3ccc(N(C)C)cc3)C[C@@]21C. The van der Waals surface area contributed by atoms with Gasteiger partial charge in [-0.25, -0.2) is 0 Å². The molecule has 6 atom stereocenters. The molecule has 4 nitrogen and oxygen atoms in total. The lowest BCUT2D eigenvalue weighted by Gasteiger charge is -2.55. The van der Waals surface area contributed by atoms with Gasteiger partial charge in [-0.1, -0.05) is 50.3 Å². The summed E-state index contributed by atoms with van der Waals surface area (Å²) in [7, 11) is 4.12. The molecule has 4 aliphatic rings. The van der Waals surface area contributed by atoms with Crippen molar-refractivity contribution in [3.8, 4) is 11.8 Å². The molecule has 2 fully saturated rings. The van der Waals surface area contributed by atoms with Gasteiger partial charge in [-0.3, -0.25) is 9.59 Å². The second kappa shape index (κ2) is 9.59. The van der Waals surface area contributed by atoms with Crippen LogP contribution in [-0.4, -0.2) is 37.4 Å². The number of hydrogen-bond donors (Lipinski definition) is 1. The highest BCUT2D eigenvalue weighted by Crippen LogP contribution is 2.70. The van der Waals surface area contributed by atoms with E-state index < -0.39 is 5.41 Å². The molecule has 1 unspecified atom stereocenters. The smallest absolute Gasteiger partial charge is 0.156 e. The van der Waals surface area contributed by atoms with Crippen LogP contribution in [0.5, 0.6) is 0 Å². The summed E-state index contributed by atoms with van der Waals surface area (Å²) in [6, 6.07) is 8.92. The molecular weight excluding hydrogens is 458 g/mol. The fourth-order valence-electron chi connectivity index (χ4n) is 8.51. The molecule has 0 aliphatic heterocycles. The van der Waals surface area contributed by atoms with E-state index in [0.717, 1.165) is 32.1 Å². The lowest BCUT2D eigenvalue weighted by Crippen LogP contribution is -2.51. The largest absolute Gasteiger partial charge is 0.384 e. The van der Waals surface area contributed by atoms with Gasteiger partial charge < -0.3 is 10.0 Å². The van der Waals surface area contributed by atoms with Gasteiger partial charge >= 0.3 is 0 Å². The van der Waals surface area contributed by atoms with Crippen LogP contribution in [-0.2, 0) is 9.59 Å².